The van der Waals surface area contributed by atoms with Gasteiger partial charge in [-0.1, -0.05) is 36.4 Å². The van der Waals surface area contributed by atoms with Gasteiger partial charge < -0.3 is 5.73 Å². The summed E-state index contributed by atoms with van der Waals surface area (Å²) in [6, 6.07) is 19.4. The molecule has 3 nitrogen and oxygen atoms in total. The first-order valence-corrected chi connectivity index (χ1v) is 8.77. The summed E-state index contributed by atoms with van der Waals surface area (Å²) in [6.07, 6.45) is 6.88. The zero-order valence-corrected chi connectivity index (χ0v) is 13.7. The van der Waals surface area contributed by atoms with Crippen molar-refractivity contribution in [2.75, 3.05) is 5.01 Å². The van der Waals surface area contributed by atoms with Gasteiger partial charge in [0.15, 0.2) is 0 Å². The Kier molecular flexibility index (Phi) is 3.03. The van der Waals surface area contributed by atoms with Crippen molar-refractivity contribution in [1.29, 1.82) is 0 Å². The van der Waals surface area contributed by atoms with Gasteiger partial charge in [-0.3, -0.25) is 9.69 Å². The molecule has 0 fully saturated rings. The number of para-hydroxylation sites is 2. The van der Waals surface area contributed by atoms with E-state index in [4.69, 9.17) is 5.73 Å². The quantitative estimate of drug-likeness (QED) is 0.703. The number of allylic oxidation sites excluding steroid dienone is 1. The minimum absolute atomic E-state index is 0.0366. The third-order valence-electron chi connectivity index (χ3n) is 5.41. The van der Waals surface area contributed by atoms with Crippen LogP contribution < -0.4 is 10.7 Å². The summed E-state index contributed by atoms with van der Waals surface area (Å²) in [5, 5.41) is 3.66. The van der Waals surface area contributed by atoms with Gasteiger partial charge in [0.2, 0.25) is 0 Å². The molecule has 1 aliphatic heterocycles. The van der Waals surface area contributed by atoms with Crippen LogP contribution in [0.15, 0.2) is 72.1 Å². The number of nitrogens with two attached hydrogens (primary N) is 1. The third kappa shape index (κ3) is 1.88. The maximum absolute atomic E-state index is 6.64. The zero-order chi connectivity index (χ0) is 16.1. The molecule has 0 saturated heterocycles. The second-order valence-corrected chi connectivity index (χ2v) is 6.75. The summed E-state index contributed by atoms with van der Waals surface area (Å²) in [5.74, 6) is 0. The predicted octanol–water partition coefficient (Wildman–Crippen LogP) is 4.75. The second-order valence-electron chi connectivity index (χ2n) is 6.75. The van der Waals surface area contributed by atoms with Crippen LogP contribution in [0.4, 0.5) is 5.69 Å². The number of anilines is 1. The SMILES string of the molecule is NC1C2=C(CCCC2)N(n2ccc3ccccc32)c2ccccc21. The lowest BCUT2D eigenvalue weighted by Gasteiger charge is -2.41. The van der Waals surface area contributed by atoms with Crippen LogP contribution in [0, 0.1) is 0 Å². The van der Waals surface area contributed by atoms with E-state index in [1.54, 1.807) is 0 Å². The highest BCUT2D eigenvalue weighted by molar-refractivity contribution is 5.82. The number of hydrogen-bond donors (Lipinski definition) is 1. The van der Waals surface area contributed by atoms with Crippen molar-refractivity contribution < 1.29 is 0 Å². The molecule has 0 saturated carbocycles. The summed E-state index contributed by atoms with van der Waals surface area (Å²) in [4.78, 5) is 0. The third-order valence-corrected chi connectivity index (χ3v) is 5.41. The Hall–Kier alpha value is -2.52. The Morgan fingerprint density at radius 3 is 2.62 bits per heavy atom. The maximum atomic E-state index is 6.64. The molecule has 0 spiro atoms. The van der Waals surface area contributed by atoms with E-state index in [0.29, 0.717) is 0 Å². The van der Waals surface area contributed by atoms with Crippen LogP contribution in [0.1, 0.15) is 37.3 Å². The van der Waals surface area contributed by atoms with Crippen molar-refractivity contribution >= 4 is 16.6 Å². The van der Waals surface area contributed by atoms with E-state index < -0.39 is 0 Å². The Balaban J connectivity index is 1.79. The van der Waals surface area contributed by atoms with Crippen molar-refractivity contribution in [2.45, 2.75) is 31.7 Å². The normalized spacial score (nSPS) is 20.2. The molecule has 120 valence electrons. The lowest BCUT2D eigenvalue weighted by molar-refractivity contribution is 0.572. The molecule has 3 aromatic rings. The number of fused-ring (bicyclic) bond motifs is 2. The van der Waals surface area contributed by atoms with Gasteiger partial charge in [0, 0.05) is 17.3 Å². The zero-order valence-electron chi connectivity index (χ0n) is 13.7. The van der Waals surface area contributed by atoms with Gasteiger partial charge in [0.1, 0.15) is 0 Å². The van der Waals surface area contributed by atoms with E-state index in [9.17, 15) is 0 Å². The first kappa shape index (κ1) is 13.9. The molecule has 3 heteroatoms. The molecule has 24 heavy (non-hydrogen) atoms. The molecule has 1 unspecified atom stereocenters. The lowest BCUT2D eigenvalue weighted by Crippen LogP contribution is -2.37. The molecule has 0 radical (unpaired) electrons. The molecule has 2 heterocycles. The van der Waals surface area contributed by atoms with Crippen molar-refractivity contribution in [3.05, 3.63) is 77.6 Å². The van der Waals surface area contributed by atoms with E-state index in [1.165, 1.54) is 46.3 Å². The highest BCUT2D eigenvalue weighted by Crippen LogP contribution is 2.44. The van der Waals surface area contributed by atoms with Crippen LogP contribution in [-0.2, 0) is 0 Å². The minimum atomic E-state index is 0.0366. The fourth-order valence-corrected chi connectivity index (χ4v) is 4.26. The largest absolute Gasteiger partial charge is 0.320 e. The van der Waals surface area contributed by atoms with Crippen molar-refractivity contribution in [1.82, 2.24) is 4.68 Å². The van der Waals surface area contributed by atoms with E-state index in [2.05, 4.69) is 70.5 Å². The molecular formula is C21H21N3. The molecule has 1 aromatic heterocycles. The van der Waals surface area contributed by atoms with Crippen molar-refractivity contribution in [3.63, 3.8) is 0 Å². The van der Waals surface area contributed by atoms with E-state index in [1.807, 2.05) is 0 Å². The fraction of sp³-hybridized carbons (Fsp3) is 0.238. The monoisotopic (exact) mass is 315 g/mol. The molecule has 5 rings (SSSR count). The summed E-state index contributed by atoms with van der Waals surface area (Å²) < 4.78 is 2.29. The fourth-order valence-electron chi connectivity index (χ4n) is 4.26. The molecule has 2 aliphatic rings. The van der Waals surface area contributed by atoms with E-state index in [-0.39, 0.29) is 6.04 Å². The number of hydrogen-bond acceptors (Lipinski definition) is 2. The van der Waals surface area contributed by atoms with Gasteiger partial charge in [-0.05, 0) is 55.0 Å². The average Bonchev–Trinajstić information content (AvgIpc) is 3.06. The smallest absolute Gasteiger partial charge is 0.0702 e. The Labute approximate surface area is 142 Å². The van der Waals surface area contributed by atoms with Crippen LogP contribution in [0.2, 0.25) is 0 Å². The lowest BCUT2D eigenvalue weighted by atomic mass is 9.84. The highest BCUT2D eigenvalue weighted by Gasteiger charge is 2.32. The van der Waals surface area contributed by atoms with Crippen molar-refractivity contribution in [3.8, 4) is 0 Å². The first-order chi connectivity index (χ1) is 11.8. The van der Waals surface area contributed by atoms with Crippen LogP contribution in [0.25, 0.3) is 10.9 Å². The molecule has 1 aliphatic carbocycles. The van der Waals surface area contributed by atoms with Gasteiger partial charge in [0.05, 0.1) is 17.2 Å². The van der Waals surface area contributed by atoms with Crippen LogP contribution >= 0.6 is 0 Å². The summed E-state index contributed by atoms with van der Waals surface area (Å²) in [7, 11) is 0. The molecule has 2 aromatic carbocycles. The van der Waals surface area contributed by atoms with Crippen LogP contribution in [0.3, 0.4) is 0 Å². The van der Waals surface area contributed by atoms with Crippen LogP contribution in [0.5, 0.6) is 0 Å². The Bertz CT molecular complexity index is 950. The average molecular weight is 315 g/mol. The van der Waals surface area contributed by atoms with E-state index >= 15 is 0 Å². The molecule has 0 amide bonds. The van der Waals surface area contributed by atoms with Gasteiger partial charge in [-0.15, -0.1) is 0 Å². The van der Waals surface area contributed by atoms with Gasteiger partial charge in [-0.25, -0.2) is 0 Å². The molecule has 1 atom stereocenters. The number of benzene rings is 2. The van der Waals surface area contributed by atoms with Crippen molar-refractivity contribution in [2.24, 2.45) is 5.73 Å². The standard InChI is InChI=1S/C21H21N3/c22-21-16-8-2-5-11-19(16)24(20-12-6-3-9-17(20)21)23-14-13-15-7-1-4-10-18(15)23/h1-2,4-5,7-8,10-11,13-14,21H,3,6,9,12,22H2. The topological polar surface area (TPSA) is 34.2 Å². The van der Waals surface area contributed by atoms with Gasteiger partial charge in [-0.2, -0.15) is 0 Å². The molecule has 2 N–H and O–H groups in total. The predicted molar refractivity (Wildman–Crippen MR) is 98.7 cm³/mol. The van der Waals surface area contributed by atoms with E-state index in [0.717, 1.165) is 12.8 Å². The summed E-state index contributed by atoms with van der Waals surface area (Å²) in [5.41, 5.74) is 13.1. The first-order valence-electron chi connectivity index (χ1n) is 8.77. The highest BCUT2D eigenvalue weighted by atomic mass is 15.6. The summed E-state index contributed by atoms with van der Waals surface area (Å²) in [6.45, 7) is 0. The number of aromatic nitrogens is 1. The minimum Gasteiger partial charge on any atom is -0.320 e. The molecular weight excluding hydrogens is 294 g/mol. The van der Waals surface area contributed by atoms with Crippen LogP contribution in [-0.4, -0.2) is 4.68 Å². The van der Waals surface area contributed by atoms with Gasteiger partial charge in [0.25, 0.3) is 0 Å². The number of rotatable bonds is 1. The Morgan fingerprint density at radius 1 is 0.875 bits per heavy atom. The molecule has 0 bridgehead atoms. The maximum Gasteiger partial charge on any atom is 0.0702 e. The van der Waals surface area contributed by atoms with Gasteiger partial charge >= 0.3 is 0 Å². The summed E-state index contributed by atoms with van der Waals surface area (Å²) >= 11 is 0. The number of nitrogens with zero attached hydrogens (tertiary/aromatic N) is 2. The Morgan fingerprint density at radius 2 is 1.67 bits per heavy atom. The second kappa shape index (κ2) is 5.25.